The van der Waals surface area contributed by atoms with Gasteiger partial charge in [-0.05, 0) is 56.7 Å². The molecule has 1 aromatic heterocycles. The van der Waals surface area contributed by atoms with Crippen molar-refractivity contribution in [1.82, 2.24) is 14.9 Å². The molecule has 6 nitrogen and oxygen atoms in total. The molecule has 3 rings (SSSR count). The van der Waals surface area contributed by atoms with Gasteiger partial charge in [0.25, 0.3) is 5.89 Å². The van der Waals surface area contributed by atoms with E-state index in [1.165, 1.54) is 24.3 Å². The molecule has 0 spiro atoms. The molecule has 3 aromatic rings. The lowest BCUT2D eigenvalue weighted by Gasteiger charge is -2.20. The zero-order valence-electron chi connectivity index (χ0n) is 15.2. The van der Waals surface area contributed by atoms with Gasteiger partial charge in [-0.15, -0.1) is 0 Å². The number of sulfonamides is 1. The van der Waals surface area contributed by atoms with Crippen LogP contribution in [0.4, 0.5) is 4.39 Å². The van der Waals surface area contributed by atoms with Gasteiger partial charge in [0.15, 0.2) is 5.82 Å². The molecule has 2 aromatic carbocycles. The number of benzene rings is 2. The van der Waals surface area contributed by atoms with Crippen LogP contribution in [-0.4, -0.2) is 24.1 Å². The number of hydrogen-bond donors (Lipinski definition) is 1. The van der Waals surface area contributed by atoms with Crippen LogP contribution in [0.1, 0.15) is 32.2 Å². The molecule has 142 valence electrons. The summed E-state index contributed by atoms with van der Waals surface area (Å²) < 4.78 is 45.9. The average Bonchev–Trinajstić information content (AvgIpc) is 3.04. The van der Waals surface area contributed by atoms with Gasteiger partial charge in [0.1, 0.15) is 5.82 Å². The number of aromatic nitrogens is 2. The summed E-state index contributed by atoms with van der Waals surface area (Å²) in [7, 11) is -3.67. The summed E-state index contributed by atoms with van der Waals surface area (Å²) in [6.07, 6.45) is 0.382. The van der Waals surface area contributed by atoms with Gasteiger partial charge in [-0.2, -0.15) is 4.98 Å². The van der Waals surface area contributed by atoms with Gasteiger partial charge in [0.05, 0.1) is 4.90 Å². The summed E-state index contributed by atoms with van der Waals surface area (Å²) in [4.78, 5) is 4.43. The first-order valence-electron chi connectivity index (χ1n) is 8.34. The number of nitrogens with zero attached hydrogens (tertiary/aromatic N) is 2. The standard InChI is InChI=1S/C19H20FN3O3S/c1-19(2,3)23-27(24,25)16-6-4-5-14(12-16)18-21-17(22-26-18)11-13-7-9-15(20)10-8-13/h4-10,12,23H,11H2,1-3H3. The van der Waals surface area contributed by atoms with E-state index in [1.54, 1.807) is 45.0 Å². The summed E-state index contributed by atoms with van der Waals surface area (Å²) in [5.74, 6) is 0.340. The lowest BCUT2D eigenvalue weighted by atomic mass is 10.1. The van der Waals surface area contributed by atoms with E-state index in [-0.39, 0.29) is 16.6 Å². The molecule has 0 unspecified atom stereocenters. The molecular weight excluding hydrogens is 369 g/mol. The highest BCUT2D eigenvalue weighted by Crippen LogP contribution is 2.22. The topological polar surface area (TPSA) is 85.1 Å². The molecule has 0 aliphatic carbocycles. The van der Waals surface area contributed by atoms with Crippen LogP contribution in [0.15, 0.2) is 57.9 Å². The Bertz CT molecular complexity index is 1040. The van der Waals surface area contributed by atoms with E-state index in [1.807, 2.05) is 0 Å². The Kier molecular flexibility index (Phi) is 5.12. The molecule has 0 fully saturated rings. The molecule has 0 atom stereocenters. The molecule has 27 heavy (non-hydrogen) atoms. The highest BCUT2D eigenvalue weighted by atomic mass is 32.2. The van der Waals surface area contributed by atoms with Crippen molar-refractivity contribution in [2.75, 3.05) is 0 Å². The fraction of sp³-hybridized carbons (Fsp3) is 0.263. The lowest BCUT2D eigenvalue weighted by Crippen LogP contribution is -2.40. The van der Waals surface area contributed by atoms with Crippen LogP contribution in [0, 0.1) is 5.82 Å². The van der Waals surface area contributed by atoms with Crippen LogP contribution in [0.2, 0.25) is 0 Å². The number of rotatable bonds is 5. The minimum absolute atomic E-state index is 0.119. The Morgan fingerprint density at radius 1 is 1.11 bits per heavy atom. The van der Waals surface area contributed by atoms with Crippen molar-refractivity contribution in [2.24, 2.45) is 0 Å². The van der Waals surface area contributed by atoms with Crippen molar-refractivity contribution in [3.05, 3.63) is 65.7 Å². The Labute approximate surface area is 157 Å². The van der Waals surface area contributed by atoms with Crippen molar-refractivity contribution >= 4 is 10.0 Å². The second-order valence-electron chi connectivity index (χ2n) is 7.20. The van der Waals surface area contributed by atoms with Crippen LogP contribution < -0.4 is 4.72 Å². The maximum Gasteiger partial charge on any atom is 0.257 e. The Hall–Kier alpha value is -2.58. The first-order chi connectivity index (χ1) is 12.6. The predicted molar refractivity (Wildman–Crippen MR) is 99.0 cm³/mol. The second kappa shape index (κ2) is 7.21. The zero-order valence-corrected chi connectivity index (χ0v) is 16.0. The fourth-order valence-electron chi connectivity index (χ4n) is 2.49. The normalized spacial score (nSPS) is 12.3. The quantitative estimate of drug-likeness (QED) is 0.721. The van der Waals surface area contributed by atoms with Gasteiger partial charge >= 0.3 is 0 Å². The third kappa shape index (κ3) is 4.99. The van der Waals surface area contributed by atoms with Gasteiger partial charge < -0.3 is 4.52 Å². The van der Waals surface area contributed by atoms with E-state index < -0.39 is 15.6 Å². The number of halogens is 1. The first kappa shape index (κ1) is 19.2. The van der Waals surface area contributed by atoms with Gasteiger partial charge in [-0.3, -0.25) is 0 Å². The SMILES string of the molecule is CC(C)(C)NS(=O)(=O)c1cccc(-c2nc(Cc3ccc(F)cc3)no2)c1. The molecule has 0 saturated carbocycles. The smallest absolute Gasteiger partial charge is 0.257 e. The third-order valence-electron chi connectivity index (χ3n) is 3.58. The van der Waals surface area contributed by atoms with Gasteiger partial charge in [-0.25, -0.2) is 17.5 Å². The Balaban J connectivity index is 1.83. The molecule has 1 heterocycles. The van der Waals surface area contributed by atoms with Crippen LogP contribution in [0.25, 0.3) is 11.5 Å². The Morgan fingerprint density at radius 3 is 2.48 bits per heavy atom. The van der Waals surface area contributed by atoms with E-state index in [0.29, 0.717) is 17.8 Å². The minimum atomic E-state index is -3.67. The lowest BCUT2D eigenvalue weighted by molar-refractivity contribution is 0.424. The molecule has 1 N–H and O–H groups in total. The minimum Gasteiger partial charge on any atom is -0.334 e. The summed E-state index contributed by atoms with van der Waals surface area (Å²) in [6.45, 7) is 5.32. The molecule has 0 aliphatic rings. The number of hydrogen-bond acceptors (Lipinski definition) is 5. The fourth-order valence-corrected chi connectivity index (χ4v) is 3.95. The van der Waals surface area contributed by atoms with Crippen molar-refractivity contribution in [2.45, 2.75) is 37.6 Å². The molecule has 8 heteroatoms. The van der Waals surface area contributed by atoms with E-state index in [9.17, 15) is 12.8 Å². The second-order valence-corrected chi connectivity index (χ2v) is 8.88. The molecule has 0 bridgehead atoms. The maximum absolute atomic E-state index is 13.0. The van der Waals surface area contributed by atoms with Crippen LogP contribution >= 0.6 is 0 Å². The molecular formula is C19H20FN3O3S. The Morgan fingerprint density at radius 2 is 1.81 bits per heavy atom. The highest BCUT2D eigenvalue weighted by Gasteiger charge is 2.23. The summed E-state index contributed by atoms with van der Waals surface area (Å²) in [6, 6.07) is 12.4. The van der Waals surface area contributed by atoms with Crippen molar-refractivity contribution < 1.29 is 17.3 Å². The predicted octanol–water partition coefficient (Wildman–Crippen LogP) is 3.54. The van der Waals surface area contributed by atoms with Crippen LogP contribution in [0.3, 0.4) is 0 Å². The average molecular weight is 389 g/mol. The summed E-state index contributed by atoms with van der Waals surface area (Å²) in [5.41, 5.74) is 0.751. The van der Waals surface area contributed by atoms with E-state index >= 15 is 0 Å². The van der Waals surface area contributed by atoms with Crippen molar-refractivity contribution in [3.63, 3.8) is 0 Å². The van der Waals surface area contributed by atoms with Crippen LogP contribution in [0.5, 0.6) is 0 Å². The zero-order chi connectivity index (χ0) is 19.7. The molecule has 0 saturated heterocycles. The highest BCUT2D eigenvalue weighted by molar-refractivity contribution is 7.89. The van der Waals surface area contributed by atoms with Gasteiger partial charge in [0, 0.05) is 17.5 Å². The molecule has 0 aliphatic heterocycles. The number of nitrogens with one attached hydrogen (secondary N) is 1. The van der Waals surface area contributed by atoms with Gasteiger partial charge in [0.2, 0.25) is 10.0 Å². The first-order valence-corrected chi connectivity index (χ1v) is 9.82. The largest absolute Gasteiger partial charge is 0.334 e. The monoisotopic (exact) mass is 389 g/mol. The molecule has 0 radical (unpaired) electrons. The summed E-state index contributed by atoms with van der Waals surface area (Å²) >= 11 is 0. The van der Waals surface area contributed by atoms with E-state index in [2.05, 4.69) is 14.9 Å². The molecule has 0 amide bonds. The van der Waals surface area contributed by atoms with E-state index in [0.717, 1.165) is 5.56 Å². The van der Waals surface area contributed by atoms with Crippen molar-refractivity contribution in [1.29, 1.82) is 0 Å². The van der Waals surface area contributed by atoms with Gasteiger partial charge in [-0.1, -0.05) is 23.4 Å². The van der Waals surface area contributed by atoms with E-state index in [4.69, 9.17) is 4.52 Å². The summed E-state index contributed by atoms with van der Waals surface area (Å²) in [5, 5.41) is 3.92. The maximum atomic E-state index is 13.0. The van der Waals surface area contributed by atoms with Crippen LogP contribution in [-0.2, 0) is 16.4 Å². The third-order valence-corrected chi connectivity index (χ3v) is 5.33. The van der Waals surface area contributed by atoms with Crippen molar-refractivity contribution in [3.8, 4) is 11.5 Å².